The average Bonchev–Trinajstić information content (AvgIpc) is 3.42. The number of ether oxygens (including phenoxy) is 3. The van der Waals surface area contributed by atoms with Crippen LogP contribution in [0.3, 0.4) is 0 Å². The number of nitrogens with one attached hydrogen (secondary N) is 1. The summed E-state index contributed by atoms with van der Waals surface area (Å²) in [6.07, 6.45) is -0.797. The number of rotatable bonds is 11. The zero-order valence-corrected chi connectivity index (χ0v) is 25.2. The third kappa shape index (κ3) is 6.85. The molecule has 0 bridgehead atoms. The van der Waals surface area contributed by atoms with E-state index in [4.69, 9.17) is 19.5 Å². The summed E-state index contributed by atoms with van der Waals surface area (Å²) in [6, 6.07) is 20.6. The smallest absolute Gasteiger partial charge is 0.337 e. The van der Waals surface area contributed by atoms with E-state index < -0.39 is 23.7 Å². The van der Waals surface area contributed by atoms with E-state index in [0.717, 1.165) is 6.07 Å². The minimum Gasteiger partial charge on any atom is -0.473 e. The first-order chi connectivity index (χ1) is 22.2. The highest BCUT2D eigenvalue weighted by Crippen LogP contribution is 2.26. The van der Waals surface area contributed by atoms with Gasteiger partial charge in [-0.05, 0) is 48.0 Å². The Morgan fingerprint density at radius 3 is 2.46 bits per heavy atom. The van der Waals surface area contributed by atoms with Crippen LogP contribution in [-0.2, 0) is 33.8 Å². The molecule has 0 radical (unpaired) electrons. The second kappa shape index (κ2) is 14.0. The molecule has 3 aromatic carbocycles. The predicted molar refractivity (Wildman–Crippen MR) is 164 cm³/mol. The first-order valence-electron chi connectivity index (χ1n) is 14.1. The van der Waals surface area contributed by atoms with Gasteiger partial charge in [-0.15, -0.1) is 0 Å². The Morgan fingerprint density at radius 1 is 0.978 bits per heavy atom. The van der Waals surface area contributed by atoms with Crippen molar-refractivity contribution >= 4 is 22.9 Å². The summed E-state index contributed by atoms with van der Waals surface area (Å²) in [5.74, 6) is -1.27. The molecule has 5 aromatic rings. The molecule has 1 atom stereocenters. The van der Waals surface area contributed by atoms with Gasteiger partial charge in [0.2, 0.25) is 5.88 Å². The zero-order valence-electron chi connectivity index (χ0n) is 25.2. The van der Waals surface area contributed by atoms with E-state index in [-0.39, 0.29) is 42.5 Å². The molecule has 2 aromatic heterocycles. The number of nitriles is 1. The number of hydrogen-bond donors (Lipinski definition) is 1. The second-order valence-corrected chi connectivity index (χ2v) is 10.2. The number of benzene rings is 3. The summed E-state index contributed by atoms with van der Waals surface area (Å²) in [6.45, 7) is -0.0390. The molecule has 0 aliphatic rings. The number of pyridine rings is 1. The van der Waals surface area contributed by atoms with Crippen molar-refractivity contribution in [2.24, 2.45) is 0 Å². The van der Waals surface area contributed by atoms with Gasteiger partial charge in [-0.2, -0.15) is 5.26 Å². The van der Waals surface area contributed by atoms with Crippen LogP contribution in [0.5, 0.6) is 5.88 Å². The van der Waals surface area contributed by atoms with Crippen LogP contribution < -0.4 is 10.1 Å². The van der Waals surface area contributed by atoms with Gasteiger partial charge in [0.1, 0.15) is 24.1 Å². The molecule has 5 rings (SSSR count). The lowest BCUT2D eigenvalue weighted by atomic mass is 10.1. The lowest BCUT2D eigenvalue weighted by Gasteiger charge is -2.17. The van der Waals surface area contributed by atoms with Crippen molar-refractivity contribution in [1.82, 2.24) is 19.9 Å². The highest BCUT2D eigenvalue weighted by molar-refractivity contribution is 5.93. The van der Waals surface area contributed by atoms with Crippen LogP contribution in [0.1, 0.15) is 32.9 Å². The van der Waals surface area contributed by atoms with Crippen LogP contribution in [-0.4, -0.2) is 53.8 Å². The molecule has 0 unspecified atom stereocenters. The largest absolute Gasteiger partial charge is 0.473 e. The maximum Gasteiger partial charge on any atom is 0.337 e. The summed E-state index contributed by atoms with van der Waals surface area (Å²) >= 11 is 0. The Balaban J connectivity index is 1.41. The quantitative estimate of drug-likeness (QED) is 0.204. The van der Waals surface area contributed by atoms with Crippen molar-refractivity contribution in [2.45, 2.75) is 25.7 Å². The Labute approximate surface area is 263 Å². The number of carbonyl (C=O) groups is 2. The third-order valence-corrected chi connectivity index (χ3v) is 7.40. The number of amides is 1. The molecule has 46 heavy (non-hydrogen) atoms. The van der Waals surface area contributed by atoms with Crippen molar-refractivity contribution in [3.05, 3.63) is 113 Å². The maximum atomic E-state index is 15.6. The predicted octanol–water partition coefficient (Wildman–Crippen LogP) is 4.97. The topological polar surface area (TPSA) is 128 Å². The van der Waals surface area contributed by atoms with Crippen molar-refractivity contribution in [2.75, 3.05) is 21.3 Å². The van der Waals surface area contributed by atoms with Gasteiger partial charge in [0.15, 0.2) is 6.10 Å². The number of halogens is 2. The Kier molecular flexibility index (Phi) is 9.64. The minimum atomic E-state index is -0.871. The summed E-state index contributed by atoms with van der Waals surface area (Å²) in [4.78, 5) is 33.8. The number of aromatic nitrogens is 3. The standard InChI is InChI=1S/C34H29F2N5O5/c1-38-33(42)30(44-2)18-41-29-15-23(34(43)45-3)11-12-28(29)39-31(41)16-21-9-10-22(14-26(21)36)27-5-4-6-32(40-27)46-19-24-8-7-20(17-37)13-25(24)35/h4-15,30H,16,18-19H2,1-3H3,(H,38,42)/t30-/m1/s1. The number of nitrogens with zero attached hydrogens (tertiary/aromatic N) is 4. The van der Waals surface area contributed by atoms with Gasteiger partial charge in [-0.3, -0.25) is 4.79 Å². The van der Waals surface area contributed by atoms with E-state index in [1.54, 1.807) is 53.1 Å². The maximum absolute atomic E-state index is 15.6. The van der Waals surface area contributed by atoms with Crippen molar-refractivity contribution in [1.29, 1.82) is 5.26 Å². The molecular formula is C34H29F2N5O5. The monoisotopic (exact) mass is 625 g/mol. The molecular weight excluding hydrogens is 596 g/mol. The Hall–Kier alpha value is -5.67. The fourth-order valence-corrected chi connectivity index (χ4v) is 4.91. The normalized spacial score (nSPS) is 11.6. The van der Waals surface area contributed by atoms with Crippen molar-refractivity contribution < 1.29 is 32.6 Å². The Bertz CT molecular complexity index is 1970. The summed E-state index contributed by atoms with van der Waals surface area (Å²) in [5.41, 5.74) is 3.15. The fraction of sp³-hybridized carbons (Fsp3) is 0.206. The number of carbonyl (C=O) groups excluding carboxylic acids is 2. The molecule has 0 saturated carbocycles. The average molecular weight is 626 g/mol. The van der Waals surface area contributed by atoms with E-state index in [2.05, 4.69) is 15.3 Å². The summed E-state index contributed by atoms with van der Waals surface area (Å²) in [5, 5.41) is 11.5. The first kappa shape index (κ1) is 31.7. The van der Waals surface area contributed by atoms with Crippen molar-refractivity contribution in [3.63, 3.8) is 0 Å². The van der Waals surface area contributed by atoms with Crippen LogP contribution in [0.2, 0.25) is 0 Å². The molecule has 1 N–H and O–H groups in total. The van der Waals surface area contributed by atoms with E-state index in [0.29, 0.717) is 39.2 Å². The van der Waals surface area contributed by atoms with Crippen LogP contribution in [0.4, 0.5) is 8.78 Å². The number of fused-ring (bicyclic) bond motifs is 1. The van der Waals surface area contributed by atoms with Crippen LogP contribution >= 0.6 is 0 Å². The second-order valence-electron chi connectivity index (χ2n) is 10.2. The summed E-state index contributed by atoms with van der Waals surface area (Å²) < 4.78 is 47.5. The number of likely N-dealkylation sites (N-methyl/N-ethyl adjacent to an activating group) is 1. The van der Waals surface area contributed by atoms with E-state index in [9.17, 15) is 14.0 Å². The molecule has 0 saturated heterocycles. The highest BCUT2D eigenvalue weighted by atomic mass is 19.1. The molecule has 12 heteroatoms. The molecule has 0 aliphatic carbocycles. The molecule has 0 aliphatic heterocycles. The van der Waals surface area contributed by atoms with Crippen LogP contribution in [0.15, 0.2) is 72.8 Å². The first-order valence-corrected chi connectivity index (χ1v) is 14.1. The Morgan fingerprint density at radius 2 is 1.76 bits per heavy atom. The molecule has 0 fully saturated rings. The van der Waals surface area contributed by atoms with Crippen LogP contribution in [0.25, 0.3) is 22.3 Å². The number of methoxy groups -OCH3 is 2. The molecule has 234 valence electrons. The molecule has 10 nitrogen and oxygen atoms in total. The SMILES string of the molecule is CNC(=O)[C@@H](Cn1c(Cc2ccc(-c3cccc(OCc4ccc(C#N)cc4F)n3)cc2F)nc2ccc(C(=O)OC)cc21)OC. The van der Waals surface area contributed by atoms with Gasteiger partial charge < -0.3 is 24.1 Å². The van der Waals surface area contributed by atoms with Gasteiger partial charge in [0.25, 0.3) is 5.91 Å². The number of imidazole rings is 1. The van der Waals surface area contributed by atoms with Gasteiger partial charge in [0.05, 0.1) is 47.6 Å². The number of esters is 1. The van der Waals surface area contributed by atoms with Gasteiger partial charge in [0, 0.05) is 37.8 Å². The lowest BCUT2D eigenvalue weighted by Crippen LogP contribution is -2.36. The minimum absolute atomic E-state index is 0.0649. The lowest BCUT2D eigenvalue weighted by molar-refractivity contribution is -0.131. The molecule has 1 amide bonds. The third-order valence-electron chi connectivity index (χ3n) is 7.40. The van der Waals surface area contributed by atoms with Crippen LogP contribution in [0, 0.1) is 23.0 Å². The van der Waals surface area contributed by atoms with E-state index in [1.807, 2.05) is 6.07 Å². The fourth-order valence-electron chi connectivity index (χ4n) is 4.91. The molecule has 0 spiro atoms. The number of hydrogen-bond acceptors (Lipinski definition) is 8. The van der Waals surface area contributed by atoms with Gasteiger partial charge in [-0.1, -0.05) is 24.3 Å². The van der Waals surface area contributed by atoms with E-state index in [1.165, 1.54) is 39.5 Å². The van der Waals surface area contributed by atoms with Crippen molar-refractivity contribution in [3.8, 4) is 23.2 Å². The van der Waals surface area contributed by atoms with Gasteiger partial charge in [-0.25, -0.2) is 23.5 Å². The highest BCUT2D eigenvalue weighted by Gasteiger charge is 2.23. The van der Waals surface area contributed by atoms with E-state index >= 15 is 4.39 Å². The summed E-state index contributed by atoms with van der Waals surface area (Å²) in [7, 11) is 4.20. The molecule has 2 heterocycles. The van der Waals surface area contributed by atoms with Gasteiger partial charge >= 0.3 is 5.97 Å². The zero-order chi connectivity index (χ0) is 32.8.